The maximum atomic E-state index is 10.7. The van der Waals surface area contributed by atoms with Crippen LogP contribution in [0.3, 0.4) is 0 Å². The standard InChI is InChI=1S/C16H15ClN4O2S/c17-13-8-11(6-7-14(13)23-10-15(18)22)9-19-21-16(24)20-12-4-2-1-3-5-12/h1-9H,10H2,(H2,18,22)(H2,20,21,24). The first-order valence-corrected chi connectivity index (χ1v) is 7.69. The van der Waals surface area contributed by atoms with E-state index in [1.54, 1.807) is 24.4 Å². The van der Waals surface area contributed by atoms with Crippen molar-refractivity contribution < 1.29 is 9.53 Å². The molecule has 0 aromatic heterocycles. The van der Waals surface area contributed by atoms with Crippen LogP contribution in [0.5, 0.6) is 5.75 Å². The number of nitrogens with two attached hydrogens (primary N) is 1. The summed E-state index contributed by atoms with van der Waals surface area (Å²) < 4.78 is 5.16. The molecule has 8 heteroatoms. The molecule has 2 aromatic rings. The Hall–Kier alpha value is -2.64. The van der Waals surface area contributed by atoms with E-state index in [9.17, 15) is 4.79 Å². The second kappa shape index (κ2) is 8.85. The summed E-state index contributed by atoms with van der Waals surface area (Å²) in [6, 6.07) is 14.5. The van der Waals surface area contributed by atoms with Crippen LogP contribution in [0.4, 0.5) is 5.69 Å². The number of benzene rings is 2. The number of hydrogen-bond acceptors (Lipinski definition) is 4. The summed E-state index contributed by atoms with van der Waals surface area (Å²) in [6.45, 7) is -0.228. The van der Waals surface area contributed by atoms with Crippen LogP contribution in [0, 0.1) is 0 Å². The molecule has 0 aliphatic carbocycles. The normalized spacial score (nSPS) is 10.4. The lowest BCUT2D eigenvalue weighted by Crippen LogP contribution is -2.23. The van der Waals surface area contributed by atoms with Crippen molar-refractivity contribution in [3.63, 3.8) is 0 Å². The predicted octanol–water partition coefficient (Wildman–Crippen LogP) is 2.52. The smallest absolute Gasteiger partial charge is 0.255 e. The number of thiocarbonyl (C=S) groups is 1. The minimum absolute atomic E-state index is 0.228. The van der Waals surface area contributed by atoms with E-state index in [2.05, 4.69) is 15.8 Å². The van der Waals surface area contributed by atoms with Gasteiger partial charge in [-0.25, -0.2) is 0 Å². The van der Waals surface area contributed by atoms with Gasteiger partial charge >= 0.3 is 0 Å². The van der Waals surface area contributed by atoms with Gasteiger partial charge in [0.05, 0.1) is 11.2 Å². The van der Waals surface area contributed by atoms with Crippen LogP contribution in [-0.4, -0.2) is 23.8 Å². The van der Waals surface area contributed by atoms with E-state index in [1.165, 1.54) is 0 Å². The summed E-state index contributed by atoms with van der Waals surface area (Å²) in [5.41, 5.74) is 9.33. The van der Waals surface area contributed by atoms with Crippen LogP contribution < -0.4 is 21.2 Å². The van der Waals surface area contributed by atoms with Gasteiger partial charge in [-0.3, -0.25) is 10.2 Å². The summed E-state index contributed by atoms with van der Waals surface area (Å²) in [5, 5.41) is 7.74. The van der Waals surface area contributed by atoms with Crippen molar-refractivity contribution in [3.05, 3.63) is 59.1 Å². The van der Waals surface area contributed by atoms with Crippen molar-refractivity contribution in [2.75, 3.05) is 11.9 Å². The summed E-state index contributed by atoms with van der Waals surface area (Å²) in [5.74, 6) is -0.192. The number of carbonyl (C=O) groups excluding carboxylic acids is 1. The van der Waals surface area contributed by atoms with Gasteiger partial charge in [-0.15, -0.1) is 0 Å². The molecule has 1 amide bonds. The molecular weight excluding hydrogens is 348 g/mol. The zero-order valence-electron chi connectivity index (χ0n) is 12.5. The summed E-state index contributed by atoms with van der Waals surface area (Å²) in [4.78, 5) is 10.7. The van der Waals surface area contributed by atoms with Gasteiger partial charge in [0.15, 0.2) is 11.7 Å². The molecule has 0 aliphatic rings. The van der Waals surface area contributed by atoms with Crippen LogP contribution in [0.15, 0.2) is 53.6 Å². The van der Waals surface area contributed by atoms with Crippen LogP contribution >= 0.6 is 23.8 Å². The number of ether oxygens (including phenoxy) is 1. The molecule has 4 N–H and O–H groups in total. The molecule has 0 saturated carbocycles. The van der Waals surface area contributed by atoms with E-state index < -0.39 is 5.91 Å². The fourth-order valence-corrected chi connectivity index (χ4v) is 2.12. The molecule has 0 saturated heterocycles. The third-order valence-corrected chi connectivity index (χ3v) is 3.23. The minimum Gasteiger partial charge on any atom is -0.482 e. The van der Waals surface area contributed by atoms with Gasteiger partial charge in [0.2, 0.25) is 0 Å². The first kappa shape index (κ1) is 17.7. The average Bonchev–Trinajstić information content (AvgIpc) is 2.55. The van der Waals surface area contributed by atoms with E-state index in [1.807, 2.05) is 30.3 Å². The zero-order valence-corrected chi connectivity index (χ0v) is 14.1. The molecule has 0 unspecified atom stereocenters. The maximum Gasteiger partial charge on any atom is 0.255 e. The summed E-state index contributed by atoms with van der Waals surface area (Å²) in [7, 11) is 0. The van der Waals surface area contributed by atoms with Crippen molar-refractivity contribution in [3.8, 4) is 5.75 Å². The lowest BCUT2D eigenvalue weighted by Gasteiger charge is -2.07. The van der Waals surface area contributed by atoms with E-state index in [0.717, 1.165) is 11.3 Å². The monoisotopic (exact) mass is 362 g/mol. The molecule has 0 heterocycles. The van der Waals surface area contributed by atoms with E-state index in [4.69, 9.17) is 34.3 Å². The number of hydrogen-bond donors (Lipinski definition) is 3. The van der Waals surface area contributed by atoms with Gasteiger partial charge in [-0.05, 0) is 48.1 Å². The number of para-hydroxylation sites is 1. The number of halogens is 1. The fourth-order valence-electron chi connectivity index (χ4n) is 1.71. The number of nitrogens with zero attached hydrogens (tertiary/aromatic N) is 1. The number of anilines is 1. The average molecular weight is 363 g/mol. The maximum absolute atomic E-state index is 10.7. The van der Waals surface area contributed by atoms with Crippen LogP contribution in [0.1, 0.15) is 5.56 Å². The van der Waals surface area contributed by atoms with Crippen molar-refractivity contribution in [1.82, 2.24) is 5.43 Å². The SMILES string of the molecule is NC(=O)COc1ccc(C=NNC(=S)Nc2ccccc2)cc1Cl. The van der Waals surface area contributed by atoms with E-state index in [-0.39, 0.29) is 6.61 Å². The molecule has 0 atom stereocenters. The highest BCUT2D eigenvalue weighted by molar-refractivity contribution is 7.80. The Kier molecular flexibility index (Phi) is 6.53. The number of rotatable bonds is 6. The Morgan fingerprint density at radius 1 is 1.29 bits per heavy atom. The van der Waals surface area contributed by atoms with E-state index >= 15 is 0 Å². The van der Waals surface area contributed by atoms with Crippen LogP contribution in [-0.2, 0) is 4.79 Å². The predicted molar refractivity (Wildman–Crippen MR) is 99.5 cm³/mol. The molecular formula is C16H15ClN4O2S. The molecule has 2 rings (SSSR count). The quantitative estimate of drug-likeness (QED) is 0.417. The number of carbonyl (C=O) groups is 1. The fraction of sp³-hybridized carbons (Fsp3) is 0.0625. The number of amides is 1. The molecule has 124 valence electrons. The first-order chi connectivity index (χ1) is 11.5. The van der Waals surface area contributed by atoms with Gasteiger partial charge < -0.3 is 15.8 Å². The Labute approximate surface area is 149 Å². The lowest BCUT2D eigenvalue weighted by atomic mass is 10.2. The zero-order chi connectivity index (χ0) is 17.4. The highest BCUT2D eigenvalue weighted by atomic mass is 35.5. The van der Waals surface area contributed by atoms with Gasteiger partial charge in [0.1, 0.15) is 5.75 Å². The van der Waals surface area contributed by atoms with Crippen molar-refractivity contribution in [2.45, 2.75) is 0 Å². The molecule has 0 aliphatic heterocycles. The Morgan fingerprint density at radius 2 is 2.04 bits per heavy atom. The molecule has 0 fully saturated rings. The second-order valence-electron chi connectivity index (χ2n) is 4.63. The van der Waals surface area contributed by atoms with Gasteiger partial charge in [-0.2, -0.15) is 5.10 Å². The van der Waals surface area contributed by atoms with Crippen LogP contribution in [0.2, 0.25) is 5.02 Å². The first-order valence-electron chi connectivity index (χ1n) is 6.90. The summed E-state index contributed by atoms with van der Waals surface area (Å²) >= 11 is 11.2. The van der Waals surface area contributed by atoms with Gasteiger partial charge in [0, 0.05) is 5.69 Å². The van der Waals surface area contributed by atoms with Gasteiger partial charge in [-0.1, -0.05) is 29.8 Å². The topological polar surface area (TPSA) is 88.7 Å². The van der Waals surface area contributed by atoms with Gasteiger partial charge in [0.25, 0.3) is 5.91 Å². The number of nitrogens with one attached hydrogen (secondary N) is 2. The highest BCUT2D eigenvalue weighted by Gasteiger charge is 2.04. The number of hydrazone groups is 1. The Bertz CT molecular complexity index is 753. The largest absolute Gasteiger partial charge is 0.482 e. The van der Waals surface area contributed by atoms with Crippen LogP contribution in [0.25, 0.3) is 0 Å². The highest BCUT2D eigenvalue weighted by Crippen LogP contribution is 2.24. The van der Waals surface area contributed by atoms with Crippen molar-refractivity contribution in [1.29, 1.82) is 0 Å². The third-order valence-electron chi connectivity index (χ3n) is 2.74. The lowest BCUT2D eigenvalue weighted by molar-refractivity contribution is -0.119. The molecule has 0 radical (unpaired) electrons. The minimum atomic E-state index is -0.569. The van der Waals surface area contributed by atoms with E-state index in [0.29, 0.717) is 15.9 Å². The van der Waals surface area contributed by atoms with Crippen molar-refractivity contribution >= 4 is 46.7 Å². The third kappa shape index (κ3) is 5.86. The Balaban J connectivity index is 1.88. The molecule has 0 bridgehead atoms. The molecule has 24 heavy (non-hydrogen) atoms. The second-order valence-corrected chi connectivity index (χ2v) is 5.45. The Morgan fingerprint density at radius 3 is 2.71 bits per heavy atom. The summed E-state index contributed by atoms with van der Waals surface area (Å²) in [6.07, 6.45) is 1.56. The molecule has 0 spiro atoms. The van der Waals surface area contributed by atoms with Crippen molar-refractivity contribution in [2.24, 2.45) is 10.8 Å². The molecule has 2 aromatic carbocycles. The molecule has 6 nitrogen and oxygen atoms in total. The number of primary amides is 1.